The summed E-state index contributed by atoms with van der Waals surface area (Å²) in [5.74, 6) is 1.77. The average Bonchev–Trinajstić information content (AvgIpc) is 3.94. The van der Waals surface area contributed by atoms with Crippen LogP contribution in [0.15, 0.2) is 192 Å². The summed E-state index contributed by atoms with van der Waals surface area (Å²) in [4.78, 5) is 15.8. The van der Waals surface area contributed by atoms with Crippen molar-refractivity contribution in [2.24, 2.45) is 0 Å². The average molecular weight is 730 g/mol. The molecule has 266 valence electrons. The Morgan fingerprint density at radius 2 is 0.965 bits per heavy atom. The van der Waals surface area contributed by atoms with Gasteiger partial charge in [0, 0.05) is 49.1 Å². The zero-order chi connectivity index (χ0) is 37.5. The van der Waals surface area contributed by atoms with E-state index in [0.29, 0.717) is 17.6 Å². The van der Waals surface area contributed by atoms with Crippen LogP contribution in [0, 0.1) is 0 Å². The minimum atomic E-state index is 0.561. The first-order valence-corrected chi connectivity index (χ1v) is 19.1. The number of hydrogen-bond donors (Lipinski definition) is 0. The van der Waals surface area contributed by atoms with E-state index in [1.807, 2.05) is 30.3 Å². The van der Waals surface area contributed by atoms with Crippen molar-refractivity contribution in [3.63, 3.8) is 0 Å². The number of nitrogens with zero attached hydrogens (tertiary/aromatic N) is 5. The molecule has 0 atom stereocenters. The van der Waals surface area contributed by atoms with Gasteiger partial charge in [0.05, 0.1) is 22.1 Å². The zero-order valence-electron chi connectivity index (χ0n) is 30.5. The highest BCUT2D eigenvalue weighted by molar-refractivity contribution is 6.26. The number of rotatable bonds is 5. The number of hydrogen-bond acceptors (Lipinski definition) is 4. The third kappa shape index (κ3) is 4.87. The summed E-state index contributed by atoms with van der Waals surface area (Å²) in [6, 6.07) is 65.5. The maximum atomic E-state index is 6.14. The second kappa shape index (κ2) is 12.3. The molecule has 12 aromatic rings. The monoisotopic (exact) mass is 729 g/mol. The molecule has 0 bridgehead atoms. The molecule has 6 heteroatoms. The van der Waals surface area contributed by atoms with E-state index in [1.165, 1.54) is 5.39 Å². The van der Waals surface area contributed by atoms with Crippen LogP contribution >= 0.6 is 0 Å². The van der Waals surface area contributed by atoms with E-state index in [0.717, 1.165) is 88.1 Å². The van der Waals surface area contributed by atoms with Gasteiger partial charge in [-0.1, -0.05) is 133 Å². The first kappa shape index (κ1) is 31.5. The molecule has 0 saturated heterocycles. The van der Waals surface area contributed by atoms with Crippen molar-refractivity contribution in [1.82, 2.24) is 24.1 Å². The molecule has 8 aromatic carbocycles. The summed E-state index contributed by atoms with van der Waals surface area (Å²) in [7, 11) is 0. The highest BCUT2D eigenvalue weighted by atomic mass is 16.3. The standard InChI is InChI=1S/C51H31N5O/c1-3-14-32(15-4-1)49-52-50(35-17-13-16-33(30-35)34-26-29-46-41(31-34)38-21-9-12-25-45(38)57-46)54-51(53-49)56-42-23-10-7-20-37(42)39-27-28-44-47(48(39)56)40-22-8-11-24-43(40)55(44)36-18-5-2-6-19-36/h1-31H. The maximum Gasteiger partial charge on any atom is 0.238 e. The van der Waals surface area contributed by atoms with Gasteiger partial charge >= 0.3 is 0 Å². The lowest BCUT2D eigenvalue weighted by atomic mass is 10.0. The van der Waals surface area contributed by atoms with E-state index in [1.54, 1.807) is 0 Å². The van der Waals surface area contributed by atoms with E-state index in [9.17, 15) is 0 Å². The largest absolute Gasteiger partial charge is 0.456 e. The molecule has 0 saturated carbocycles. The minimum absolute atomic E-state index is 0.561. The third-order valence-corrected chi connectivity index (χ3v) is 11.2. The first-order valence-electron chi connectivity index (χ1n) is 19.1. The first-order chi connectivity index (χ1) is 28.3. The molecular weight excluding hydrogens is 699 g/mol. The minimum Gasteiger partial charge on any atom is -0.456 e. The summed E-state index contributed by atoms with van der Waals surface area (Å²) >= 11 is 0. The van der Waals surface area contributed by atoms with Gasteiger partial charge in [0.1, 0.15) is 11.2 Å². The predicted molar refractivity (Wildman–Crippen MR) is 232 cm³/mol. The number of para-hydroxylation sites is 4. The molecule has 0 unspecified atom stereocenters. The van der Waals surface area contributed by atoms with Crippen molar-refractivity contribution < 1.29 is 4.42 Å². The van der Waals surface area contributed by atoms with Crippen LogP contribution < -0.4 is 0 Å². The van der Waals surface area contributed by atoms with Gasteiger partial charge in [-0.2, -0.15) is 9.97 Å². The van der Waals surface area contributed by atoms with E-state index in [4.69, 9.17) is 19.4 Å². The molecule has 0 aliphatic carbocycles. The zero-order valence-corrected chi connectivity index (χ0v) is 30.5. The van der Waals surface area contributed by atoms with Crippen molar-refractivity contribution in [3.8, 4) is 45.5 Å². The van der Waals surface area contributed by atoms with Gasteiger partial charge in [-0.15, -0.1) is 0 Å². The number of aromatic nitrogens is 5. The van der Waals surface area contributed by atoms with Gasteiger partial charge in [0.15, 0.2) is 11.6 Å². The Balaban J connectivity index is 1.13. The Bertz CT molecular complexity index is 3520. The number of benzene rings is 8. The molecule has 6 nitrogen and oxygen atoms in total. The Morgan fingerprint density at radius 1 is 0.351 bits per heavy atom. The van der Waals surface area contributed by atoms with E-state index < -0.39 is 0 Å². The van der Waals surface area contributed by atoms with Crippen LogP contribution in [-0.2, 0) is 0 Å². The van der Waals surface area contributed by atoms with Crippen LogP contribution in [0.4, 0.5) is 0 Å². The van der Waals surface area contributed by atoms with Gasteiger partial charge in [0.2, 0.25) is 5.95 Å². The number of fused-ring (bicyclic) bond motifs is 10. The van der Waals surface area contributed by atoms with Gasteiger partial charge in [-0.25, -0.2) is 4.98 Å². The van der Waals surface area contributed by atoms with Crippen LogP contribution in [-0.4, -0.2) is 24.1 Å². The Morgan fingerprint density at radius 3 is 1.79 bits per heavy atom. The maximum absolute atomic E-state index is 6.14. The SMILES string of the molecule is c1ccc(-c2nc(-c3cccc(-c4ccc5oc6ccccc6c5c4)c3)nc(-n3c4ccccc4c4ccc5c(c6ccccc6n5-c5ccccc5)c43)n2)cc1. The lowest BCUT2D eigenvalue weighted by Gasteiger charge is -2.12. The Kier molecular flexibility index (Phi) is 6.83. The Hall–Kier alpha value is -7.83. The summed E-state index contributed by atoms with van der Waals surface area (Å²) in [6.07, 6.45) is 0. The van der Waals surface area contributed by atoms with Crippen LogP contribution in [0.25, 0.3) is 111 Å². The highest BCUT2D eigenvalue weighted by Crippen LogP contribution is 2.42. The normalized spacial score (nSPS) is 11.9. The summed E-state index contributed by atoms with van der Waals surface area (Å²) in [5.41, 5.74) is 11.2. The highest BCUT2D eigenvalue weighted by Gasteiger charge is 2.23. The molecule has 0 radical (unpaired) electrons. The molecule has 0 aliphatic heterocycles. The quantitative estimate of drug-likeness (QED) is 0.177. The second-order valence-electron chi connectivity index (χ2n) is 14.4. The summed E-state index contributed by atoms with van der Waals surface area (Å²) < 4.78 is 10.7. The van der Waals surface area contributed by atoms with E-state index >= 15 is 0 Å². The lowest BCUT2D eigenvalue weighted by molar-refractivity contribution is 0.669. The fraction of sp³-hybridized carbons (Fsp3) is 0. The molecule has 0 spiro atoms. The topological polar surface area (TPSA) is 61.7 Å². The molecular formula is C51H31N5O. The van der Waals surface area contributed by atoms with Crippen molar-refractivity contribution in [3.05, 3.63) is 188 Å². The predicted octanol–water partition coefficient (Wildman–Crippen LogP) is 13.0. The van der Waals surface area contributed by atoms with Crippen LogP contribution in [0.1, 0.15) is 0 Å². The summed E-state index contributed by atoms with van der Waals surface area (Å²) in [5, 5.41) is 6.79. The molecule has 0 amide bonds. The molecule has 0 fully saturated rings. The summed E-state index contributed by atoms with van der Waals surface area (Å²) in [6.45, 7) is 0. The molecule has 4 heterocycles. The lowest BCUT2D eigenvalue weighted by Crippen LogP contribution is -2.06. The van der Waals surface area contributed by atoms with Crippen molar-refractivity contribution >= 4 is 65.6 Å². The molecule has 4 aromatic heterocycles. The van der Waals surface area contributed by atoms with Crippen molar-refractivity contribution in [2.75, 3.05) is 0 Å². The second-order valence-corrected chi connectivity index (χ2v) is 14.4. The number of furan rings is 1. The Labute approximate surface area is 326 Å². The van der Waals surface area contributed by atoms with Crippen LogP contribution in [0.5, 0.6) is 0 Å². The van der Waals surface area contributed by atoms with E-state index in [2.05, 4.69) is 167 Å². The molecule has 0 N–H and O–H groups in total. The fourth-order valence-electron chi connectivity index (χ4n) is 8.63. The van der Waals surface area contributed by atoms with Gasteiger partial charge < -0.3 is 8.98 Å². The smallest absolute Gasteiger partial charge is 0.238 e. The molecule has 12 rings (SSSR count). The van der Waals surface area contributed by atoms with Crippen LogP contribution in [0.2, 0.25) is 0 Å². The van der Waals surface area contributed by atoms with Crippen molar-refractivity contribution in [2.45, 2.75) is 0 Å². The third-order valence-electron chi connectivity index (χ3n) is 11.2. The molecule has 0 aliphatic rings. The fourth-order valence-corrected chi connectivity index (χ4v) is 8.63. The van der Waals surface area contributed by atoms with Gasteiger partial charge in [-0.05, 0) is 65.7 Å². The van der Waals surface area contributed by atoms with Gasteiger partial charge in [0.25, 0.3) is 0 Å². The van der Waals surface area contributed by atoms with Gasteiger partial charge in [-0.3, -0.25) is 4.57 Å². The van der Waals surface area contributed by atoms with E-state index in [-0.39, 0.29) is 0 Å². The van der Waals surface area contributed by atoms with Crippen LogP contribution in [0.3, 0.4) is 0 Å². The van der Waals surface area contributed by atoms with Crippen molar-refractivity contribution in [1.29, 1.82) is 0 Å². The molecule has 57 heavy (non-hydrogen) atoms.